The Hall–Kier alpha value is -6.06. The van der Waals surface area contributed by atoms with Crippen molar-refractivity contribution in [1.29, 1.82) is 0 Å². The van der Waals surface area contributed by atoms with Crippen LogP contribution in [0, 0.1) is 0 Å². The number of benzene rings is 7. The van der Waals surface area contributed by atoms with E-state index in [9.17, 15) is 0 Å². The summed E-state index contributed by atoms with van der Waals surface area (Å²) in [6, 6.07) is 63.6. The van der Waals surface area contributed by atoms with Crippen molar-refractivity contribution in [3.05, 3.63) is 193 Å². The summed E-state index contributed by atoms with van der Waals surface area (Å²) >= 11 is 0. The van der Waals surface area contributed by atoms with Crippen LogP contribution in [0.3, 0.4) is 0 Å². The van der Waals surface area contributed by atoms with Gasteiger partial charge in [0, 0.05) is 50.8 Å². The summed E-state index contributed by atoms with van der Waals surface area (Å²) in [5, 5.41) is 2.25. The Labute approximate surface area is 312 Å². The van der Waals surface area contributed by atoms with E-state index in [2.05, 4.69) is 181 Å². The fourth-order valence-corrected chi connectivity index (χ4v) is 8.25. The summed E-state index contributed by atoms with van der Waals surface area (Å²) in [4.78, 5) is 4.69. The molecular formula is C50H44N2O. The molecule has 0 N–H and O–H groups in total. The van der Waals surface area contributed by atoms with Gasteiger partial charge < -0.3 is 14.2 Å². The van der Waals surface area contributed by atoms with Crippen LogP contribution in [0.1, 0.15) is 67.6 Å². The van der Waals surface area contributed by atoms with Gasteiger partial charge in [0.05, 0.1) is 0 Å². The van der Waals surface area contributed by atoms with Gasteiger partial charge in [-0.3, -0.25) is 0 Å². The Morgan fingerprint density at radius 1 is 0.434 bits per heavy atom. The molecule has 0 bridgehead atoms. The van der Waals surface area contributed by atoms with E-state index in [1.54, 1.807) is 0 Å². The third kappa shape index (κ3) is 6.60. The topological polar surface area (TPSA) is 19.6 Å². The highest BCUT2D eigenvalue weighted by Gasteiger charge is 2.19. The molecule has 260 valence electrons. The summed E-state index contributed by atoms with van der Waals surface area (Å²) < 4.78 is 6.15. The molecule has 0 saturated heterocycles. The normalized spacial score (nSPS) is 14.0. The first-order valence-electron chi connectivity index (χ1n) is 19.1. The van der Waals surface area contributed by atoms with Crippen LogP contribution < -0.4 is 9.80 Å². The molecule has 7 aromatic carbocycles. The Balaban J connectivity index is 0.992. The van der Waals surface area contributed by atoms with E-state index in [1.807, 2.05) is 12.1 Å². The van der Waals surface area contributed by atoms with Gasteiger partial charge >= 0.3 is 0 Å². The molecule has 53 heavy (non-hydrogen) atoms. The average molecular weight is 689 g/mol. The van der Waals surface area contributed by atoms with Crippen LogP contribution >= 0.6 is 0 Å². The fourth-order valence-electron chi connectivity index (χ4n) is 8.25. The summed E-state index contributed by atoms with van der Waals surface area (Å²) in [6.45, 7) is 2.30. The molecule has 1 heterocycles. The third-order valence-electron chi connectivity index (χ3n) is 11.2. The van der Waals surface area contributed by atoms with Crippen LogP contribution in [-0.4, -0.2) is 0 Å². The molecule has 1 atom stereocenters. The van der Waals surface area contributed by atoms with E-state index in [-0.39, 0.29) is 5.92 Å². The number of rotatable bonds is 9. The zero-order valence-corrected chi connectivity index (χ0v) is 30.2. The molecule has 1 aliphatic carbocycles. The predicted molar refractivity (Wildman–Crippen MR) is 223 cm³/mol. The van der Waals surface area contributed by atoms with Crippen molar-refractivity contribution in [1.82, 2.24) is 0 Å². The van der Waals surface area contributed by atoms with Crippen LogP contribution in [0.2, 0.25) is 0 Å². The van der Waals surface area contributed by atoms with Gasteiger partial charge in [0.15, 0.2) is 0 Å². The number of para-hydroxylation sites is 3. The molecule has 3 nitrogen and oxygen atoms in total. The second-order valence-corrected chi connectivity index (χ2v) is 14.5. The second-order valence-electron chi connectivity index (χ2n) is 14.5. The van der Waals surface area contributed by atoms with Gasteiger partial charge in [-0.15, -0.1) is 0 Å². The molecule has 1 aromatic heterocycles. The molecule has 0 amide bonds. The van der Waals surface area contributed by atoms with Crippen LogP contribution in [0.25, 0.3) is 21.9 Å². The highest BCUT2D eigenvalue weighted by atomic mass is 16.3. The predicted octanol–water partition coefficient (Wildman–Crippen LogP) is 14.7. The van der Waals surface area contributed by atoms with Crippen LogP contribution in [0.15, 0.2) is 180 Å². The lowest BCUT2D eigenvalue weighted by Gasteiger charge is -2.27. The summed E-state index contributed by atoms with van der Waals surface area (Å²) in [5.74, 6) is 0.934. The standard InChI is InChI=1S/C50H44N2O/c1-36(37-21-27-43(28-22-37)51(41-15-7-3-8-16-41)44-31-25-40(26-32-44)39-13-5-2-6-14-39)38-23-29-45(30-24-38)52(42-17-9-4-10-18-42)46-33-34-50-48(35-46)47-19-11-12-20-49(47)53-50/h3-4,7-12,15-36,39H,2,5-6,13-14H2,1H3. The van der Waals surface area contributed by atoms with Crippen LogP contribution in [0.5, 0.6) is 0 Å². The zero-order chi connectivity index (χ0) is 35.6. The Bertz CT molecular complexity index is 2430. The summed E-state index contributed by atoms with van der Waals surface area (Å²) in [6.07, 6.45) is 6.71. The molecule has 1 saturated carbocycles. The summed E-state index contributed by atoms with van der Waals surface area (Å²) in [7, 11) is 0. The Morgan fingerprint density at radius 2 is 0.887 bits per heavy atom. The zero-order valence-electron chi connectivity index (χ0n) is 30.2. The number of hydrogen-bond donors (Lipinski definition) is 0. The molecule has 1 fully saturated rings. The van der Waals surface area contributed by atoms with Crippen molar-refractivity contribution < 1.29 is 4.42 Å². The molecular weight excluding hydrogens is 645 g/mol. The average Bonchev–Trinajstić information content (AvgIpc) is 3.61. The monoisotopic (exact) mass is 688 g/mol. The van der Waals surface area contributed by atoms with Crippen LogP contribution in [-0.2, 0) is 0 Å². The lowest BCUT2D eigenvalue weighted by molar-refractivity contribution is 0.443. The van der Waals surface area contributed by atoms with Crippen molar-refractivity contribution in [2.75, 3.05) is 9.80 Å². The second kappa shape index (κ2) is 14.5. The minimum Gasteiger partial charge on any atom is -0.456 e. The molecule has 9 rings (SSSR count). The number of nitrogens with zero attached hydrogens (tertiary/aromatic N) is 2. The van der Waals surface area contributed by atoms with Gasteiger partial charge in [0.2, 0.25) is 0 Å². The lowest BCUT2D eigenvalue weighted by Crippen LogP contribution is -2.11. The van der Waals surface area contributed by atoms with Gasteiger partial charge in [-0.1, -0.05) is 117 Å². The smallest absolute Gasteiger partial charge is 0.135 e. The summed E-state index contributed by atoms with van der Waals surface area (Å²) in [5.41, 5.74) is 12.7. The SMILES string of the molecule is CC(c1ccc(N(c2ccccc2)c2ccc(C3CCCCC3)cc2)cc1)c1ccc(N(c2ccccc2)c2ccc3oc4ccccc4c3c2)cc1. The maximum atomic E-state index is 6.15. The molecule has 0 spiro atoms. The minimum atomic E-state index is 0.233. The Morgan fingerprint density at radius 3 is 1.47 bits per heavy atom. The van der Waals surface area contributed by atoms with Gasteiger partial charge in [-0.25, -0.2) is 0 Å². The number of fused-ring (bicyclic) bond motifs is 3. The van der Waals surface area contributed by atoms with E-state index < -0.39 is 0 Å². The highest BCUT2D eigenvalue weighted by Crippen LogP contribution is 2.41. The first kappa shape index (κ1) is 32.8. The molecule has 8 aromatic rings. The van der Waals surface area contributed by atoms with Crippen LogP contribution in [0.4, 0.5) is 34.1 Å². The van der Waals surface area contributed by atoms with Crippen molar-refractivity contribution in [2.24, 2.45) is 0 Å². The van der Waals surface area contributed by atoms with E-state index in [4.69, 9.17) is 4.42 Å². The lowest BCUT2D eigenvalue weighted by atomic mass is 9.84. The van der Waals surface area contributed by atoms with E-state index >= 15 is 0 Å². The van der Waals surface area contributed by atoms with Crippen molar-refractivity contribution in [3.8, 4) is 0 Å². The van der Waals surface area contributed by atoms with E-state index in [0.29, 0.717) is 5.92 Å². The van der Waals surface area contributed by atoms with Gasteiger partial charge in [-0.05, 0) is 120 Å². The maximum Gasteiger partial charge on any atom is 0.135 e. The molecule has 1 aliphatic rings. The van der Waals surface area contributed by atoms with Gasteiger partial charge in [-0.2, -0.15) is 0 Å². The van der Waals surface area contributed by atoms with E-state index in [1.165, 1.54) is 54.5 Å². The maximum absolute atomic E-state index is 6.15. The first-order valence-corrected chi connectivity index (χ1v) is 19.1. The fraction of sp³-hybridized carbons (Fsp3) is 0.160. The number of anilines is 6. The quantitative estimate of drug-likeness (QED) is 0.150. The third-order valence-corrected chi connectivity index (χ3v) is 11.2. The molecule has 0 radical (unpaired) electrons. The van der Waals surface area contributed by atoms with Gasteiger partial charge in [0.25, 0.3) is 0 Å². The Kier molecular flexibility index (Phi) is 8.99. The molecule has 1 unspecified atom stereocenters. The van der Waals surface area contributed by atoms with E-state index in [0.717, 1.165) is 50.4 Å². The van der Waals surface area contributed by atoms with Crippen molar-refractivity contribution in [2.45, 2.75) is 50.9 Å². The van der Waals surface area contributed by atoms with Crippen molar-refractivity contribution in [3.63, 3.8) is 0 Å². The largest absolute Gasteiger partial charge is 0.456 e. The number of furan rings is 1. The highest BCUT2D eigenvalue weighted by molar-refractivity contribution is 6.06. The number of hydrogen-bond acceptors (Lipinski definition) is 3. The van der Waals surface area contributed by atoms with Gasteiger partial charge in [0.1, 0.15) is 11.2 Å². The molecule has 3 heteroatoms. The van der Waals surface area contributed by atoms with Crippen molar-refractivity contribution >= 4 is 56.1 Å². The minimum absolute atomic E-state index is 0.233. The first-order chi connectivity index (χ1) is 26.2. The molecule has 0 aliphatic heterocycles.